The molecule has 0 amide bonds. The van der Waals surface area contributed by atoms with Crippen LogP contribution in [0.25, 0.3) is 0 Å². The first kappa shape index (κ1) is 14.1. The van der Waals surface area contributed by atoms with E-state index in [9.17, 15) is 0 Å². The lowest BCUT2D eigenvalue weighted by Crippen LogP contribution is -1.92. The van der Waals surface area contributed by atoms with Crippen LogP contribution in [0, 0.1) is 23.2 Å². The Hall–Kier alpha value is -2.27. The van der Waals surface area contributed by atoms with E-state index in [0.29, 0.717) is 18.6 Å². The van der Waals surface area contributed by atoms with Crippen molar-refractivity contribution in [2.24, 2.45) is 0 Å². The van der Waals surface area contributed by atoms with Gasteiger partial charge in [0.15, 0.2) is 0 Å². The van der Waals surface area contributed by atoms with Gasteiger partial charge in [-0.1, -0.05) is 11.8 Å². The SMILES string of the molecule is N#Cc1ccc(OCc2cc(C#CCCO)cs2)cc1. The van der Waals surface area contributed by atoms with E-state index in [1.807, 2.05) is 11.4 Å². The molecular weight excluding hydrogens is 270 g/mol. The summed E-state index contributed by atoms with van der Waals surface area (Å²) >= 11 is 1.59. The maximum atomic E-state index is 8.71. The van der Waals surface area contributed by atoms with Crippen molar-refractivity contribution in [1.29, 1.82) is 5.26 Å². The lowest BCUT2D eigenvalue weighted by atomic mass is 10.2. The van der Waals surface area contributed by atoms with Crippen LogP contribution in [0.3, 0.4) is 0 Å². The van der Waals surface area contributed by atoms with Crippen molar-refractivity contribution in [3.63, 3.8) is 0 Å². The number of thiophene rings is 1. The molecule has 2 rings (SSSR count). The molecule has 4 heteroatoms. The minimum absolute atomic E-state index is 0.0891. The third-order valence-corrected chi connectivity index (χ3v) is 3.40. The topological polar surface area (TPSA) is 53.2 Å². The van der Waals surface area contributed by atoms with Crippen molar-refractivity contribution in [2.45, 2.75) is 13.0 Å². The number of benzene rings is 1. The highest BCUT2D eigenvalue weighted by atomic mass is 32.1. The molecule has 1 heterocycles. The van der Waals surface area contributed by atoms with E-state index < -0.39 is 0 Å². The van der Waals surface area contributed by atoms with Crippen LogP contribution in [0.1, 0.15) is 22.4 Å². The molecule has 0 bridgehead atoms. The summed E-state index contributed by atoms with van der Waals surface area (Å²) in [5.41, 5.74) is 1.57. The van der Waals surface area contributed by atoms with Crippen LogP contribution in [0.5, 0.6) is 5.75 Å². The molecule has 100 valence electrons. The van der Waals surface area contributed by atoms with Crippen molar-refractivity contribution in [1.82, 2.24) is 0 Å². The summed E-state index contributed by atoms with van der Waals surface area (Å²) in [6, 6.07) is 11.1. The third kappa shape index (κ3) is 4.13. The molecular formula is C16H13NO2S. The van der Waals surface area contributed by atoms with Crippen LogP contribution in [0.4, 0.5) is 0 Å². The second kappa shape index (κ2) is 7.35. The fourth-order valence-electron chi connectivity index (χ4n) is 1.52. The molecule has 1 aromatic carbocycles. The Bertz CT molecular complexity index is 656. The molecule has 1 aromatic heterocycles. The van der Waals surface area contributed by atoms with Crippen LogP contribution in [0.15, 0.2) is 35.7 Å². The molecule has 0 saturated heterocycles. The van der Waals surface area contributed by atoms with Crippen molar-refractivity contribution in [2.75, 3.05) is 6.61 Å². The van der Waals surface area contributed by atoms with E-state index in [4.69, 9.17) is 15.1 Å². The molecule has 20 heavy (non-hydrogen) atoms. The molecule has 0 aliphatic carbocycles. The first-order valence-corrected chi connectivity index (χ1v) is 7.00. The summed E-state index contributed by atoms with van der Waals surface area (Å²) in [7, 11) is 0. The highest BCUT2D eigenvalue weighted by molar-refractivity contribution is 7.10. The summed E-state index contributed by atoms with van der Waals surface area (Å²) in [5.74, 6) is 6.62. The predicted octanol–water partition coefficient (Wildman–Crippen LogP) is 2.93. The normalized spacial score (nSPS) is 9.40. The van der Waals surface area contributed by atoms with Gasteiger partial charge >= 0.3 is 0 Å². The Morgan fingerprint density at radius 1 is 1.20 bits per heavy atom. The van der Waals surface area contributed by atoms with Crippen LogP contribution >= 0.6 is 11.3 Å². The number of rotatable bonds is 4. The second-order valence-electron chi connectivity index (χ2n) is 4.00. The lowest BCUT2D eigenvalue weighted by Gasteiger charge is -2.03. The number of aliphatic hydroxyl groups is 1. The number of aliphatic hydroxyl groups excluding tert-OH is 1. The van der Waals surface area contributed by atoms with Gasteiger partial charge in [0.1, 0.15) is 12.4 Å². The summed E-state index contributed by atoms with van der Waals surface area (Å²) in [6.45, 7) is 0.573. The number of nitrogens with zero attached hydrogens (tertiary/aromatic N) is 1. The summed E-state index contributed by atoms with van der Waals surface area (Å²) in [6.07, 6.45) is 0.493. The molecule has 0 spiro atoms. The highest BCUT2D eigenvalue weighted by Crippen LogP contribution is 2.18. The summed E-state index contributed by atoms with van der Waals surface area (Å²) in [5, 5.41) is 19.3. The summed E-state index contributed by atoms with van der Waals surface area (Å²) in [4.78, 5) is 1.09. The highest BCUT2D eigenvalue weighted by Gasteiger charge is 2.00. The molecule has 3 nitrogen and oxygen atoms in total. The Labute approximate surface area is 122 Å². The predicted molar refractivity (Wildman–Crippen MR) is 78.4 cm³/mol. The third-order valence-electron chi connectivity index (χ3n) is 2.49. The zero-order valence-corrected chi connectivity index (χ0v) is 11.6. The van der Waals surface area contributed by atoms with Crippen molar-refractivity contribution in [3.05, 3.63) is 51.7 Å². The monoisotopic (exact) mass is 283 g/mol. The van der Waals surface area contributed by atoms with E-state index in [1.165, 1.54) is 0 Å². The smallest absolute Gasteiger partial charge is 0.122 e. The molecule has 0 fully saturated rings. The van der Waals surface area contributed by atoms with Gasteiger partial charge in [-0.2, -0.15) is 5.26 Å². The average molecular weight is 283 g/mol. The van der Waals surface area contributed by atoms with Gasteiger partial charge in [0, 0.05) is 22.2 Å². The Kier molecular flexibility index (Phi) is 5.20. The van der Waals surface area contributed by atoms with Crippen molar-refractivity contribution in [3.8, 4) is 23.7 Å². The largest absolute Gasteiger partial charge is 0.488 e. The second-order valence-corrected chi connectivity index (χ2v) is 5.00. The average Bonchev–Trinajstić information content (AvgIpc) is 2.94. The number of hydrogen-bond acceptors (Lipinski definition) is 4. The van der Waals surface area contributed by atoms with E-state index in [2.05, 4.69) is 17.9 Å². The molecule has 2 aromatic rings. The van der Waals surface area contributed by atoms with Gasteiger partial charge in [0.05, 0.1) is 18.2 Å². The first-order chi connectivity index (χ1) is 9.81. The minimum atomic E-state index is 0.0891. The minimum Gasteiger partial charge on any atom is -0.488 e. The fourth-order valence-corrected chi connectivity index (χ4v) is 2.25. The molecule has 0 saturated carbocycles. The van der Waals surface area contributed by atoms with Crippen molar-refractivity contribution < 1.29 is 9.84 Å². The number of ether oxygens (including phenoxy) is 1. The Balaban J connectivity index is 1.91. The summed E-state index contributed by atoms with van der Waals surface area (Å²) < 4.78 is 5.64. The quantitative estimate of drug-likeness (QED) is 0.878. The maximum Gasteiger partial charge on any atom is 0.122 e. The van der Waals surface area contributed by atoms with Crippen LogP contribution in [0.2, 0.25) is 0 Å². The number of hydrogen-bond donors (Lipinski definition) is 1. The molecule has 0 aliphatic rings. The van der Waals surface area contributed by atoms with Gasteiger partial charge in [0.25, 0.3) is 0 Å². The van der Waals surface area contributed by atoms with Gasteiger partial charge in [-0.3, -0.25) is 0 Å². The van der Waals surface area contributed by atoms with E-state index in [0.717, 1.165) is 16.2 Å². The Morgan fingerprint density at radius 2 is 2.00 bits per heavy atom. The van der Waals surface area contributed by atoms with Crippen LogP contribution in [-0.2, 0) is 6.61 Å². The zero-order valence-electron chi connectivity index (χ0n) is 10.8. The standard InChI is InChI=1S/C16H13NO2S/c17-10-13-4-6-15(7-5-13)19-11-16-9-14(12-20-16)3-1-2-8-18/h4-7,9,12,18H,2,8,11H2. The van der Waals surface area contributed by atoms with Crippen molar-refractivity contribution >= 4 is 11.3 Å². The zero-order chi connectivity index (χ0) is 14.2. The van der Waals surface area contributed by atoms with Gasteiger partial charge < -0.3 is 9.84 Å². The molecule has 0 aliphatic heterocycles. The van der Waals surface area contributed by atoms with Crippen LogP contribution < -0.4 is 4.74 Å². The molecule has 0 radical (unpaired) electrons. The van der Waals surface area contributed by atoms with Gasteiger partial charge in [-0.05, 0) is 30.3 Å². The van der Waals surface area contributed by atoms with Crippen LogP contribution in [-0.4, -0.2) is 11.7 Å². The maximum absolute atomic E-state index is 8.71. The van der Waals surface area contributed by atoms with E-state index in [-0.39, 0.29) is 6.61 Å². The first-order valence-electron chi connectivity index (χ1n) is 6.12. The molecule has 0 atom stereocenters. The fraction of sp³-hybridized carbons (Fsp3) is 0.188. The lowest BCUT2D eigenvalue weighted by molar-refractivity contribution is 0.305. The van der Waals surface area contributed by atoms with Gasteiger partial charge in [0.2, 0.25) is 0 Å². The Morgan fingerprint density at radius 3 is 2.70 bits per heavy atom. The van der Waals surface area contributed by atoms with E-state index >= 15 is 0 Å². The number of nitriles is 1. The van der Waals surface area contributed by atoms with Gasteiger partial charge in [-0.25, -0.2) is 0 Å². The molecule has 0 unspecified atom stereocenters. The molecule has 1 N–H and O–H groups in total. The van der Waals surface area contributed by atoms with E-state index in [1.54, 1.807) is 35.6 Å². The van der Waals surface area contributed by atoms with Gasteiger partial charge in [-0.15, -0.1) is 11.3 Å².